The molecule has 1 aliphatic heterocycles. The van der Waals surface area contributed by atoms with Crippen LogP contribution in [0.5, 0.6) is 5.75 Å². The van der Waals surface area contributed by atoms with Crippen molar-refractivity contribution in [1.29, 1.82) is 0 Å². The Kier molecular flexibility index (Phi) is 14.7. The molecule has 3 aromatic rings. The predicted octanol–water partition coefficient (Wildman–Crippen LogP) is 5.18. The molecule has 3 aromatic carbocycles. The van der Waals surface area contributed by atoms with Crippen LogP contribution < -0.4 is 15.4 Å². The molecule has 0 radical (unpaired) electrons. The molecule has 0 aliphatic carbocycles. The maximum absolute atomic E-state index is 13.0. The molecule has 1 fully saturated rings. The van der Waals surface area contributed by atoms with E-state index in [0.717, 1.165) is 30.4 Å². The van der Waals surface area contributed by atoms with Gasteiger partial charge >= 0.3 is 12.0 Å². The summed E-state index contributed by atoms with van der Waals surface area (Å²) in [5, 5.41) is 5.42. The fraction of sp³-hybridized carbons (Fsp3) is 0.400. The molecular weight excluding hydrogens is 620 g/mol. The summed E-state index contributed by atoms with van der Waals surface area (Å²) in [6.45, 7) is 9.78. The van der Waals surface area contributed by atoms with Crippen LogP contribution >= 0.6 is 0 Å². The third-order valence-electron chi connectivity index (χ3n) is 7.41. The summed E-state index contributed by atoms with van der Waals surface area (Å²) in [7, 11) is -3.60. The fourth-order valence-electron chi connectivity index (χ4n) is 4.79. The summed E-state index contributed by atoms with van der Waals surface area (Å²) in [4.78, 5) is 36.0. The number of hydrogen-bond donors (Lipinski definition) is 2. The molecule has 1 saturated heterocycles. The van der Waals surface area contributed by atoms with Crippen LogP contribution in [-0.4, -0.2) is 75.4 Å². The molecule has 12 heteroatoms. The molecule has 47 heavy (non-hydrogen) atoms. The van der Waals surface area contributed by atoms with E-state index in [1.165, 1.54) is 9.87 Å². The monoisotopic (exact) mass is 666 g/mol. The van der Waals surface area contributed by atoms with Crippen LogP contribution in [0.4, 0.5) is 10.5 Å². The molecule has 11 nitrogen and oxygen atoms in total. The lowest BCUT2D eigenvalue weighted by Gasteiger charge is -2.34. The molecule has 3 amide bonds. The fourth-order valence-corrected chi connectivity index (χ4v) is 6.21. The summed E-state index contributed by atoms with van der Waals surface area (Å²) in [6.07, 6.45) is 2.63. The van der Waals surface area contributed by atoms with Gasteiger partial charge in [-0.05, 0) is 60.2 Å². The molecular formula is C35H46N4O7S. The number of sulfonamides is 1. The number of benzene rings is 3. The van der Waals surface area contributed by atoms with Gasteiger partial charge in [-0.1, -0.05) is 69.7 Å². The van der Waals surface area contributed by atoms with Crippen molar-refractivity contribution in [3.8, 4) is 5.75 Å². The molecule has 1 aliphatic rings. The molecule has 4 rings (SSSR count). The van der Waals surface area contributed by atoms with E-state index in [0.29, 0.717) is 23.9 Å². The van der Waals surface area contributed by atoms with Gasteiger partial charge in [0.25, 0.3) is 0 Å². The number of carbonyl (C=O) groups excluding carboxylic acids is 3. The number of piperazine rings is 1. The maximum Gasteiger partial charge on any atom is 0.344 e. The topological polar surface area (TPSA) is 134 Å². The smallest absolute Gasteiger partial charge is 0.344 e. The number of amides is 3. The largest absolute Gasteiger partial charge is 0.482 e. The quantitative estimate of drug-likeness (QED) is 0.190. The van der Waals surface area contributed by atoms with Crippen molar-refractivity contribution in [3.05, 3.63) is 89.5 Å². The minimum absolute atomic E-state index is 0.217. The van der Waals surface area contributed by atoms with Gasteiger partial charge in [-0.25, -0.2) is 18.0 Å². The molecule has 2 N–H and O–H groups in total. The number of anilines is 1. The van der Waals surface area contributed by atoms with Crippen molar-refractivity contribution in [1.82, 2.24) is 14.5 Å². The van der Waals surface area contributed by atoms with Crippen molar-refractivity contribution < 1.29 is 32.3 Å². The standard InChI is InChI=1S/C24H31N3O6S.C11H15NO/c1-3-6-19-9-11-22(12-10-19)34(30,31)27-15-13-26(14-16-27)24(29)25-20-7-5-8-21(17-20)33-18-23(28)32-4-2;1-9(2)11-5-3-10(4-6-11)7-12-8-13/h5,7-12,17H,3-4,6,13-16,18H2,1-2H3,(H,25,29);3-6,8-9H,7H2,1-2H3,(H,12,13). The lowest BCUT2D eigenvalue weighted by Crippen LogP contribution is -2.51. The number of aryl methyl sites for hydroxylation is 1. The zero-order valence-corrected chi connectivity index (χ0v) is 28.4. The Hall–Kier alpha value is -4.42. The Morgan fingerprint density at radius 1 is 0.915 bits per heavy atom. The van der Waals surface area contributed by atoms with Crippen molar-refractivity contribution >= 4 is 34.1 Å². The molecule has 0 aromatic heterocycles. The summed E-state index contributed by atoms with van der Waals surface area (Å²) >= 11 is 0. The van der Waals surface area contributed by atoms with E-state index in [2.05, 4.69) is 43.5 Å². The van der Waals surface area contributed by atoms with E-state index in [1.54, 1.807) is 48.2 Å². The number of ether oxygens (including phenoxy) is 2. The lowest BCUT2D eigenvalue weighted by atomic mass is 10.0. The number of rotatable bonds is 13. The second-order valence-corrected chi connectivity index (χ2v) is 13.2. The molecule has 1 heterocycles. The van der Waals surface area contributed by atoms with Crippen molar-refractivity contribution in [2.24, 2.45) is 0 Å². The molecule has 0 bridgehead atoms. The second kappa shape index (κ2) is 18.7. The zero-order chi connectivity index (χ0) is 34.2. The van der Waals surface area contributed by atoms with Crippen LogP contribution in [0.15, 0.2) is 77.7 Å². The molecule has 0 atom stereocenters. The van der Waals surface area contributed by atoms with Gasteiger partial charge in [0.1, 0.15) is 5.75 Å². The van der Waals surface area contributed by atoms with Gasteiger partial charge in [-0.2, -0.15) is 4.31 Å². The van der Waals surface area contributed by atoms with Crippen LogP contribution in [0.1, 0.15) is 56.7 Å². The first kappa shape index (κ1) is 37.0. The normalized spacial score (nSPS) is 13.3. The second-order valence-electron chi connectivity index (χ2n) is 11.2. The Morgan fingerprint density at radius 2 is 1.57 bits per heavy atom. The number of carbonyl (C=O) groups is 3. The SMILES string of the molecule is CC(C)c1ccc(CNC=O)cc1.CCCc1ccc(S(=O)(=O)N2CCN(C(=O)Nc3cccc(OCC(=O)OCC)c3)CC2)cc1. The summed E-state index contributed by atoms with van der Waals surface area (Å²) in [5.41, 5.74) is 4.08. The molecule has 0 unspecified atom stereocenters. The third-order valence-corrected chi connectivity index (χ3v) is 9.32. The highest BCUT2D eigenvalue weighted by Gasteiger charge is 2.30. The third kappa shape index (κ3) is 11.7. The number of esters is 1. The lowest BCUT2D eigenvalue weighted by molar-refractivity contribution is -0.145. The first-order chi connectivity index (χ1) is 22.6. The van der Waals surface area contributed by atoms with Crippen LogP contribution in [0.25, 0.3) is 0 Å². The molecule has 0 spiro atoms. The molecule has 0 saturated carbocycles. The van der Waals surface area contributed by atoms with Crippen molar-refractivity contribution in [2.75, 3.05) is 44.7 Å². The number of nitrogens with one attached hydrogen (secondary N) is 2. The van der Waals surface area contributed by atoms with Crippen molar-refractivity contribution in [2.45, 2.75) is 57.9 Å². The van der Waals surface area contributed by atoms with Gasteiger partial charge in [-0.15, -0.1) is 0 Å². The van der Waals surface area contributed by atoms with Gasteiger partial charge in [0.15, 0.2) is 6.61 Å². The van der Waals surface area contributed by atoms with Gasteiger partial charge in [0, 0.05) is 44.5 Å². The Labute approximate surface area is 278 Å². The highest BCUT2D eigenvalue weighted by molar-refractivity contribution is 7.89. The van der Waals surface area contributed by atoms with Crippen molar-refractivity contribution in [3.63, 3.8) is 0 Å². The molecule has 254 valence electrons. The predicted molar refractivity (Wildman–Crippen MR) is 182 cm³/mol. The number of hydrogen-bond acceptors (Lipinski definition) is 7. The van der Waals surface area contributed by atoms with E-state index < -0.39 is 16.0 Å². The first-order valence-corrected chi connectivity index (χ1v) is 17.3. The number of urea groups is 1. The zero-order valence-electron chi connectivity index (χ0n) is 27.6. The van der Waals surface area contributed by atoms with Gasteiger partial charge in [0.05, 0.1) is 11.5 Å². The van der Waals surface area contributed by atoms with Gasteiger partial charge in [0.2, 0.25) is 16.4 Å². The van der Waals surface area contributed by atoms with Crippen LogP contribution in [0.2, 0.25) is 0 Å². The van der Waals surface area contributed by atoms with E-state index in [1.807, 2.05) is 24.3 Å². The van der Waals surface area contributed by atoms with Crippen LogP contribution in [0, 0.1) is 0 Å². The van der Waals surface area contributed by atoms with E-state index in [4.69, 9.17) is 9.47 Å². The first-order valence-electron chi connectivity index (χ1n) is 15.9. The van der Waals surface area contributed by atoms with Crippen LogP contribution in [0.3, 0.4) is 0 Å². The Morgan fingerprint density at radius 3 is 2.17 bits per heavy atom. The van der Waals surface area contributed by atoms with Gasteiger partial charge in [-0.3, -0.25) is 4.79 Å². The highest BCUT2D eigenvalue weighted by atomic mass is 32.2. The minimum atomic E-state index is -3.60. The Bertz CT molecular complexity index is 1540. The van der Waals surface area contributed by atoms with E-state index >= 15 is 0 Å². The summed E-state index contributed by atoms with van der Waals surface area (Å²) in [6, 6.07) is 21.7. The average molecular weight is 667 g/mol. The van der Waals surface area contributed by atoms with E-state index in [-0.39, 0.29) is 50.3 Å². The van der Waals surface area contributed by atoms with Crippen LogP contribution in [-0.2, 0) is 37.3 Å². The number of nitrogens with zero attached hydrogens (tertiary/aromatic N) is 2. The maximum atomic E-state index is 13.0. The average Bonchev–Trinajstić information content (AvgIpc) is 3.07. The highest BCUT2D eigenvalue weighted by Crippen LogP contribution is 2.21. The minimum Gasteiger partial charge on any atom is -0.482 e. The summed E-state index contributed by atoms with van der Waals surface area (Å²) < 4.78 is 37.6. The van der Waals surface area contributed by atoms with Gasteiger partial charge < -0.3 is 25.0 Å². The Balaban J connectivity index is 0.000000386. The van der Waals surface area contributed by atoms with E-state index in [9.17, 15) is 22.8 Å². The summed E-state index contributed by atoms with van der Waals surface area (Å²) in [5.74, 6) is 0.515.